The summed E-state index contributed by atoms with van der Waals surface area (Å²) >= 11 is 1.56. The molecule has 0 fully saturated rings. The summed E-state index contributed by atoms with van der Waals surface area (Å²) in [6.45, 7) is 3.24. The van der Waals surface area contributed by atoms with Gasteiger partial charge in [-0.15, -0.1) is 11.3 Å². The molecule has 1 N–H and O–H groups in total. The quantitative estimate of drug-likeness (QED) is 0.216. The fourth-order valence-electron chi connectivity index (χ4n) is 3.48. The minimum Gasteiger partial charge on any atom is -0.492 e. The Labute approximate surface area is 183 Å². The van der Waals surface area contributed by atoms with Gasteiger partial charge in [0.15, 0.2) is 5.43 Å². The van der Waals surface area contributed by atoms with Crippen molar-refractivity contribution in [3.63, 3.8) is 0 Å². The molecule has 4 aromatic rings. The zero-order chi connectivity index (χ0) is 21.8. The van der Waals surface area contributed by atoms with E-state index in [0.29, 0.717) is 30.3 Å². The highest BCUT2D eigenvalue weighted by molar-refractivity contribution is 7.25. The standard InChI is InChI=1S/C24H22N2O4S/c1-2-15-30-20-12-11-19(25-14-13-16-7-9-17(10-8-16)26(28)29)22-23(27)18-5-3-4-6-21(18)31-24(20)22/h3-12,25H,2,13-15H2,1H3. The first-order valence-corrected chi connectivity index (χ1v) is 11.0. The van der Waals surface area contributed by atoms with E-state index in [2.05, 4.69) is 5.32 Å². The first kappa shape index (κ1) is 20.8. The van der Waals surface area contributed by atoms with Crippen LogP contribution in [0.5, 0.6) is 5.75 Å². The first-order chi connectivity index (χ1) is 15.1. The molecule has 0 spiro atoms. The second-order valence-corrected chi connectivity index (χ2v) is 8.24. The minimum atomic E-state index is -0.405. The largest absolute Gasteiger partial charge is 0.492 e. The summed E-state index contributed by atoms with van der Waals surface area (Å²) in [5, 5.41) is 15.5. The third-order valence-electron chi connectivity index (χ3n) is 5.03. The van der Waals surface area contributed by atoms with E-state index in [9.17, 15) is 14.9 Å². The zero-order valence-electron chi connectivity index (χ0n) is 17.1. The average molecular weight is 435 g/mol. The van der Waals surface area contributed by atoms with E-state index >= 15 is 0 Å². The molecule has 0 aliphatic heterocycles. The predicted octanol–water partition coefficient (Wildman–Crippen LogP) is 5.77. The van der Waals surface area contributed by atoms with Crippen LogP contribution in [-0.2, 0) is 6.42 Å². The molecule has 7 heteroatoms. The molecule has 6 nitrogen and oxygen atoms in total. The van der Waals surface area contributed by atoms with E-state index in [1.165, 1.54) is 12.1 Å². The summed E-state index contributed by atoms with van der Waals surface area (Å²) < 4.78 is 7.70. The maximum atomic E-state index is 13.3. The highest BCUT2D eigenvalue weighted by Crippen LogP contribution is 2.36. The molecule has 4 rings (SSSR count). The Morgan fingerprint density at radius 2 is 1.84 bits per heavy atom. The van der Waals surface area contributed by atoms with Crippen molar-refractivity contribution in [1.29, 1.82) is 0 Å². The van der Waals surface area contributed by atoms with E-state index in [0.717, 1.165) is 32.8 Å². The van der Waals surface area contributed by atoms with Crippen molar-refractivity contribution in [2.45, 2.75) is 19.8 Å². The number of non-ortho nitro benzene ring substituents is 1. The number of nitro benzene ring substituents is 1. The summed E-state index contributed by atoms with van der Waals surface area (Å²) in [4.78, 5) is 23.7. The van der Waals surface area contributed by atoms with Gasteiger partial charge >= 0.3 is 0 Å². The van der Waals surface area contributed by atoms with Crippen molar-refractivity contribution >= 4 is 42.9 Å². The second kappa shape index (κ2) is 9.14. The van der Waals surface area contributed by atoms with Gasteiger partial charge in [0, 0.05) is 34.5 Å². The highest BCUT2D eigenvalue weighted by atomic mass is 32.1. The molecule has 0 aliphatic carbocycles. The number of hydrogen-bond acceptors (Lipinski definition) is 6. The lowest BCUT2D eigenvalue weighted by molar-refractivity contribution is -0.384. The topological polar surface area (TPSA) is 81.5 Å². The molecule has 0 saturated carbocycles. The molecule has 0 atom stereocenters. The van der Waals surface area contributed by atoms with Crippen LogP contribution in [0.3, 0.4) is 0 Å². The summed E-state index contributed by atoms with van der Waals surface area (Å²) in [5.74, 6) is 0.727. The van der Waals surface area contributed by atoms with Crippen molar-refractivity contribution in [2.24, 2.45) is 0 Å². The maximum Gasteiger partial charge on any atom is 0.269 e. The van der Waals surface area contributed by atoms with Crippen molar-refractivity contribution < 1.29 is 9.66 Å². The van der Waals surface area contributed by atoms with Gasteiger partial charge in [-0.3, -0.25) is 14.9 Å². The van der Waals surface area contributed by atoms with E-state index in [4.69, 9.17) is 4.74 Å². The molecule has 0 bridgehead atoms. The van der Waals surface area contributed by atoms with Crippen LogP contribution in [0.4, 0.5) is 11.4 Å². The minimum absolute atomic E-state index is 0.0101. The van der Waals surface area contributed by atoms with Gasteiger partial charge in [-0.05, 0) is 42.7 Å². The monoisotopic (exact) mass is 434 g/mol. The summed E-state index contributed by atoms with van der Waals surface area (Å²) in [6, 6.07) is 18.0. The molecule has 158 valence electrons. The zero-order valence-corrected chi connectivity index (χ0v) is 17.9. The van der Waals surface area contributed by atoms with Crippen LogP contribution in [0, 0.1) is 10.1 Å². The number of nitrogens with zero attached hydrogens (tertiary/aromatic N) is 1. The van der Waals surface area contributed by atoms with Crippen LogP contribution >= 0.6 is 11.3 Å². The molecule has 3 aromatic carbocycles. The highest BCUT2D eigenvalue weighted by Gasteiger charge is 2.14. The van der Waals surface area contributed by atoms with Crippen molar-refractivity contribution in [2.75, 3.05) is 18.5 Å². The Morgan fingerprint density at radius 1 is 1.06 bits per heavy atom. The lowest BCUT2D eigenvalue weighted by atomic mass is 10.1. The van der Waals surface area contributed by atoms with Crippen molar-refractivity contribution in [3.8, 4) is 5.75 Å². The fraction of sp³-hybridized carbons (Fsp3) is 0.208. The number of anilines is 1. The fourth-order valence-corrected chi connectivity index (χ4v) is 4.65. The van der Waals surface area contributed by atoms with Crippen LogP contribution < -0.4 is 15.5 Å². The normalized spacial score (nSPS) is 11.0. The number of benzene rings is 3. The molecule has 1 aromatic heterocycles. The van der Waals surface area contributed by atoms with Gasteiger partial charge in [0.1, 0.15) is 5.75 Å². The molecular formula is C24H22N2O4S. The Hall–Kier alpha value is -3.45. The molecule has 0 unspecified atom stereocenters. The second-order valence-electron chi connectivity index (χ2n) is 7.19. The summed E-state index contributed by atoms with van der Waals surface area (Å²) in [5.41, 5.74) is 1.83. The Bertz CT molecular complexity index is 1300. The van der Waals surface area contributed by atoms with E-state index in [-0.39, 0.29) is 11.1 Å². The third-order valence-corrected chi connectivity index (χ3v) is 6.22. The van der Waals surface area contributed by atoms with Crippen LogP contribution in [-0.4, -0.2) is 18.1 Å². The van der Waals surface area contributed by atoms with Gasteiger partial charge < -0.3 is 10.1 Å². The van der Waals surface area contributed by atoms with Crippen LogP contribution in [0.1, 0.15) is 18.9 Å². The lowest BCUT2D eigenvalue weighted by Crippen LogP contribution is -2.10. The Morgan fingerprint density at radius 3 is 2.58 bits per heavy atom. The first-order valence-electron chi connectivity index (χ1n) is 10.2. The number of fused-ring (bicyclic) bond motifs is 2. The average Bonchev–Trinajstić information content (AvgIpc) is 2.79. The van der Waals surface area contributed by atoms with Gasteiger partial charge in [-0.2, -0.15) is 0 Å². The molecular weight excluding hydrogens is 412 g/mol. The maximum absolute atomic E-state index is 13.3. The van der Waals surface area contributed by atoms with E-state index in [1.54, 1.807) is 23.5 Å². The molecule has 0 saturated heterocycles. The number of nitrogens with one attached hydrogen (secondary N) is 1. The smallest absolute Gasteiger partial charge is 0.269 e. The van der Waals surface area contributed by atoms with Gasteiger partial charge in [0.25, 0.3) is 5.69 Å². The van der Waals surface area contributed by atoms with Gasteiger partial charge in [0.05, 0.1) is 21.6 Å². The SMILES string of the molecule is CCCOc1ccc(NCCc2ccc([N+](=O)[O-])cc2)c2c(=O)c3ccccc3sc12. The summed E-state index contributed by atoms with van der Waals surface area (Å²) in [6.07, 6.45) is 1.57. The number of hydrogen-bond donors (Lipinski definition) is 1. The number of nitro groups is 1. The van der Waals surface area contributed by atoms with E-state index < -0.39 is 4.92 Å². The lowest BCUT2D eigenvalue weighted by Gasteiger charge is -2.14. The Balaban J connectivity index is 1.66. The molecule has 1 heterocycles. The molecule has 0 aliphatic rings. The van der Waals surface area contributed by atoms with Gasteiger partial charge in [-0.25, -0.2) is 0 Å². The van der Waals surface area contributed by atoms with Gasteiger partial charge in [0.2, 0.25) is 0 Å². The van der Waals surface area contributed by atoms with E-state index in [1.807, 2.05) is 43.3 Å². The summed E-state index contributed by atoms with van der Waals surface area (Å²) in [7, 11) is 0. The van der Waals surface area contributed by atoms with Crippen molar-refractivity contribution in [1.82, 2.24) is 0 Å². The predicted molar refractivity (Wildman–Crippen MR) is 127 cm³/mol. The van der Waals surface area contributed by atoms with Crippen LogP contribution in [0.25, 0.3) is 20.2 Å². The van der Waals surface area contributed by atoms with Crippen LogP contribution in [0.15, 0.2) is 65.5 Å². The molecule has 0 radical (unpaired) electrons. The number of rotatable bonds is 8. The number of ether oxygens (including phenoxy) is 1. The Kier molecular flexibility index (Phi) is 6.13. The molecule has 0 amide bonds. The molecule has 31 heavy (non-hydrogen) atoms. The van der Waals surface area contributed by atoms with Crippen molar-refractivity contribution in [3.05, 3.63) is 86.6 Å². The third kappa shape index (κ3) is 4.36. The van der Waals surface area contributed by atoms with Crippen LogP contribution in [0.2, 0.25) is 0 Å². The van der Waals surface area contributed by atoms with Gasteiger partial charge in [-0.1, -0.05) is 31.2 Å².